The van der Waals surface area contributed by atoms with Crippen LogP contribution in [-0.2, 0) is 11.3 Å². The molecule has 96 valence electrons. The second-order valence-electron chi connectivity index (χ2n) is 3.82. The summed E-state index contributed by atoms with van der Waals surface area (Å²) in [5.74, 6) is -3.83. The standard InChI is InChI=1S/C11H5F2N3O3/c12-5-1-2-6(13)9-8(5)10(17)11(18)16(9)3-7-14-4-19-15-7/h1-2,4H,3H2. The fourth-order valence-electron chi connectivity index (χ4n) is 1.91. The monoisotopic (exact) mass is 265 g/mol. The summed E-state index contributed by atoms with van der Waals surface area (Å²) in [6.45, 7) is -0.269. The van der Waals surface area contributed by atoms with E-state index in [2.05, 4.69) is 14.7 Å². The van der Waals surface area contributed by atoms with Crippen LogP contribution in [0.15, 0.2) is 23.0 Å². The van der Waals surface area contributed by atoms with Crippen LogP contribution < -0.4 is 4.90 Å². The van der Waals surface area contributed by atoms with E-state index in [0.29, 0.717) is 0 Å². The molecule has 0 saturated carbocycles. The van der Waals surface area contributed by atoms with E-state index < -0.39 is 28.9 Å². The predicted molar refractivity (Wildman–Crippen MR) is 56.2 cm³/mol. The van der Waals surface area contributed by atoms with Crippen molar-refractivity contribution >= 4 is 17.4 Å². The molecule has 0 aliphatic carbocycles. The molecule has 8 heteroatoms. The molecule has 2 aromatic rings. The van der Waals surface area contributed by atoms with Gasteiger partial charge in [0.05, 0.1) is 17.8 Å². The van der Waals surface area contributed by atoms with E-state index in [9.17, 15) is 18.4 Å². The van der Waals surface area contributed by atoms with Crippen molar-refractivity contribution in [1.82, 2.24) is 10.1 Å². The molecule has 0 unspecified atom stereocenters. The Labute approximate surface area is 104 Å². The molecule has 0 fully saturated rings. The first kappa shape index (κ1) is 11.5. The van der Waals surface area contributed by atoms with Crippen LogP contribution in [0.25, 0.3) is 0 Å². The first-order valence-electron chi connectivity index (χ1n) is 5.19. The Morgan fingerprint density at radius 2 is 1.95 bits per heavy atom. The molecule has 19 heavy (non-hydrogen) atoms. The highest BCUT2D eigenvalue weighted by Gasteiger charge is 2.41. The molecule has 6 nitrogen and oxygen atoms in total. The summed E-state index contributed by atoms with van der Waals surface area (Å²) >= 11 is 0. The van der Waals surface area contributed by atoms with E-state index in [-0.39, 0.29) is 18.1 Å². The number of benzene rings is 1. The highest BCUT2D eigenvalue weighted by molar-refractivity contribution is 6.52. The van der Waals surface area contributed by atoms with Gasteiger partial charge in [0.15, 0.2) is 5.82 Å². The Morgan fingerprint density at radius 3 is 2.63 bits per heavy atom. The zero-order valence-electron chi connectivity index (χ0n) is 9.26. The van der Waals surface area contributed by atoms with Crippen LogP contribution in [0.5, 0.6) is 0 Å². The number of Topliss-reactive ketones (excluding diaryl/α,β-unsaturated/α-hetero) is 1. The maximum Gasteiger partial charge on any atom is 0.300 e. The Balaban J connectivity index is 2.12. The van der Waals surface area contributed by atoms with E-state index in [1.807, 2.05) is 0 Å². The maximum absolute atomic E-state index is 13.7. The molecule has 1 aromatic carbocycles. The summed E-state index contributed by atoms with van der Waals surface area (Å²) in [6, 6.07) is 1.65. The first-order chi connectivity index (χ1) is 9.09. The zero-order chi connectivity index (χ0) is 13.6. The Morgan fingerprint density at radius 1 is 1.21 bits per heavy atom. The van der Waals surface area contributed by atoms with Crippen molar-refractivity contribution in [3.05, 3.63) is 41.5 Å². The Bertz CT molecular complexity index is 685. The number of hydrogen-bond donors (Lipinski definition) is 0. The van der Waals surface area contributed by atoms with Gasteiger partial charge in [-0.1, -0.05) is 5.16 Å². The third kappa shape index (κ3) is 1.60. The fraction of sp³-hybridized carbons (Fsp3) is 0.0909. The molecular formula is C11H5F2N3O3. The average Bonchev–Trinajstić information content (AvgIpc) is 2.97. The lowest BCUT2D eigenvalue weighted by Gasteiger charge is -2.14. The Kier molecular flexibility index (Phi) is 2.37. The number of amides is 1. The van der Waals surface area contributed by atoms with Gasteiger partial charge in [0.2, 0.25) is 6.39 Å². The molecule has 3 rings (SSSR count). The quantitative estimate of drug-likeness (QED) is 0.759. The van der Waals surface area contributed by atoms with Crippen molar-refractivity contribution < 1.29 is 22.9 Å². The lowest BCUT2D eigenvalue weighted by atomic mass is 10.1. The van der Waals surface area contributed by atoms with Crippen LogP contribution >= 0.6 is 0 Å². The van der Waals surface area contributed by atoms with Crippen molar-refractivity contribution in [3.63, 3.8) is 0 Å². The van der Waals surface area contributed by atoms with Crippen molar-refractivity contribution in [2.45, 2.75) is 6.54 Å². The van der Waals surface area contributed by atoms with E-state index in [1.54, 1.807) is 0 Å². The lowest BCUT2D eigenvalue weighted by Crippen LogP contribution is -2.30. The number of anilines is 1. The van der Waals surface area contributed by atoms with Gasteiger partial charge in [0.25, 0.3) is 11.7 Å². The number of carbonyl (C=O) groups is 2. The number of ketones is 1. The van der Waals surface area contributed by atoms with Gasteiger partial charge in [0, 0.05) is 0 Å². The van der Waals surface area contributed by atoms with Crippen LogP contribution in [0.2, 0.25) is 0 Å². The van der Waals surface area contributed by atoms with Gasteiger partial charge in [-0.05, 0) is 12.1 Å². The molecule has 0 bridgehead atoms. The largest absolute Gasteiger partial charge is 0.343 e. The van der Waals surface area contributed by atoms with Crippen LogP contribution in [-0.4, -0.2) is 21.8 Å². The third-order valence-electron chi connectivity index (χ3n) is 2.72. The zero-order valence-corrected chi connectivity index (χ0v) is 9.26. The van der Waals surface area contributed by atoms with Gasteiger partial charge in [-0.2, -0.15) is 4.98 Å². The average molecular weight is 265 g/mol. The summed E-state index contributed by atoms with van der Waals surface area (Å²) in [4.78, 5) is 27.9. The molecule has 1 aliphatic rings. The highest BCUT2D eigenvalue weighted by Crippen LogP contribution is 2.34. The number of nitrogens with zero attached hydrogens (tertiary/aromatic N) is 3. The summed E-state index contributed by atoms with van der Waals surface area (Å²) in [5.41, 5.74) is -0.951. The van der Waals surface area contributed by atoms with Gasteiger partial charge < -0.3 is 4.52 Å². The molecule has 1 aliphatic heterocycles. The molecule has 1 aromatic heterocycles. The van der Waals surface area contributed by atoms with Crippen molar-refractivity contribution in [2.75, 3.05) is 4.90 Å². The minimum atomic E-state index is -1.09. The van der Waals surface area contributed by atoms with Crippen LogP contribution in [0, 0.1) is 11.6 Å². The molecule has 1 amide bonds. The number of hydrogen-bond acceptors (Lipinski definition) is 5. The fourth-order valence-corrected chi connectivity index (χ4v) is 1.91. The summed E-state index contributed by atoms with van der Waals surface area (Å²) in [7, 11) is 0. The SMILES string of the molecule is O=C1C(=O)N(Cc2ncon2)c2c(F)ccc(F)c21. The number of carbonyl (C=O) groups excluding carboxylic acids is 2. The van der Waals surface area contributed by atoms with E-state index in [4.69, 9.17) is 0 Å². The summed E-state index contributed by atoms with van der Waals surface area (Å²) in [6.07, 6.45) is 1.03. The van der Waals surface area contributed by atoms with Crippen molar-refractivity contribution in [3.8, 4) is 0 Å². The maximum atomic E-state index is 13.7. The number of aromatic nitrogens is 2. The second kappa shape index (κ2) is 3.94. The van der Waals surface area contributed by atoms with Gasteiger partial charge >= 0.3 is 0 Å². The molecule has 0 N–H and O–H groups in total. The minimum Gasteiger partial charge on any atom is -0.343 e. The van der Waals surface area contributed by atoms with Gasteiger partial charge in [-0.25, -0.2) is 8.78 Å². The van der Waals surface area contributed by atoms with Crippen LogP contribution in [0.1, 0.15) is 16.2 Å². The van der Waals surface area contributed by atoms with Crippen LogP contribution in [0.4, 0.5) is 14.5 Å². The van der Waals surface area contributed by atoms with Gasteiger partial charge in [-0.15, -0.1) is 0 Å². The number of halogens is 2. The minimum absolute atomic E-state index is 0.0812. The Hall–Kier alpha value is -2.64. The van der Waals surface area contributed by atoms with Crippen molar-refractivity contribution in [1.29, 1.82) is 0 Å². The van der Waals surface area contributed by atoms with E-state index >= 15 is 0 Å². The third-order valence-corrected chi connectivity index (χ3v) is 2.72. The number of fused-ring (bicyclic) bond motifs is 1. The molecule has 0 saturated heterocycles. The molecule has 0 spiro atoms. The highest BCUT2D eigenvalue weighted by atomic mass is 19.1. The topological polar surface area (TPSA) is 76.3 Å². The van der Waals surface area contributed by atoms with E-state index in [0.717, 1.165) is 23.4 Å². The van der Waals surface area contributed by atoms with Crippen molar-refractivity contribution in [2.24, 2.45) is 0 Å². The van der Waals surface area contributed by atoms with Crippen LogP contribution in [0.3, 0.4) is 0 Å². The van der Waals surface area contributed by atoms with E-state index in [1.165, 1.54) is 0 Å². The van der Waals surface area contributed by atoms with Gasteiger partial charge in [0.1, 0.15) is 11.6 Å². The summed E-state index contributed by atoms with van der Waals surface area (Å²) < 4.78 is 31.7. The molecule has 2 heterocycles. The second-order valence-corrected chi connectivity index (χ2v) is 3.82. The normalized spacial score (nSPS) is 14.1. The summed E-state index contributed by atoms with van der Waals surface area (Å²) in [5, 5.41) is 3.46. The smallest absolute Gasteiger partial charge is 0.300 e. The molecule has 0 atom stereocenters. The predicted octanol–water partition coefficient (Wildman–Crippen LogP) is 1.08. The number of rotatable bonds is 2. The first-order valence-corrected chi connectivity index (χ1v) is 5.19. The van der Waals surface area contributed by atoms with Gasteiger partial charge in [-0.3, -0.25) is 14.5 Å². The molecular weight excluding hydrogens is 260 g/mol. The lowest BCUT2D eigenvalue weighted by molar-refractivity contribution is -0.114. The molecule has 0 radical (unpaired) electrons.